The molecule has 0 radical (unpaired) electrons. The molecule has 2 aromatic heterocycles. The fourth-order valence-corrected chi connectivity index (χ4v) is 5.11. The van der Waals surface area contributed by atoms with Crippen molar-refractivity contribution in [3.05, 3.63) is 71.4 Å². The van der Waals surface area contributed by atoms with Gasteiger partial charge in [0.15, 0.2) is 10.8 Å². The third kappa shape index (κ3) is 3.81. The summed E-state index contributed by atoms with van der Waals surface area (Å²) in [6.07, 6.45) is 0.928. The smallest absolute Gasteiger partial charge is 0.253 e. The predicted octanol–water partition coefficient (Wildman–Crippen LogP) is 4.45. The molecule has 1 aliphatic rings. The Morgan fingerprint density at radius 2 is 1.81 bits per heavy atom. The van der Waals surface area contributed by atoms with Crippen LogP contribution in [0.1, 0.15) is 28.0 Å². The van der Waals surface area contributed by atoms with Gasteiger partial charge in [0.2, 0.25) is 0 Å². The lowest BCUT2D eigenvalue weighted by Crippen LogP contribution is -2.35. The van der Waals surface area contributed by atoms with E-state index in [-0.39, 0.29) is 5.91 Å². The maximum atomic E-state index is 12.9. The van der Waals surface area contributed by atoms with Gasteiger partial charge in [-0.1, -0.05) is 41.7 Å². The first kappa shape index (κ1) is 19.8. The van der Waals surface area contributed by atoms with Gasteiger partial charge in [-0.15, -0.1) is 0 Å². The lowest BCUT2D eigenvalue weighted by Gasteiger charge is -2.21. The fourth-order valence-electron chi connectivity index (χ4n) is 4.07. The van der Waals surface area contributed by atoms with Gasteiger partial charge < -0.3 is 9.80 Å². The number of thiazole rings is 1. The Morgan fingerprint density at radius 3 is 2.61 bits per heavy atom. The molecule has 0 bridgehead atoms. The topological polar surface area (TPSA) is 54.3 Å². The van der Waals surface area contributed by atoms with Gasteiger partial charge in [-0.3, -0.25) is 4.79 Å². The molecule has 3 heterocycles. The number of hydrogen-bond donors (Lipinski definition) is 0. The first-order valence-electron chi connectivity index (χ1n) is 10.6. The van der Waals surface area contributed by atoms with E-state index in [1.54, 1.807) is 11.3 Å². The lowest BCUT2D eigenvalue weighted by molar-refractivity contribution is 0.0767. The zero-order chi connectivity index (χ0) is 21.4. The summed E-state index contributed by atoms with van der Waals surface area (Å²) >= 11 is 1.69. The minimum atomic E-state index is 0.109. The number of rotatable bonds is 3. The van der Waals surface area contributed by atoms with Crippen LogP contribution in [0.15, 0.2) is 54.6 Å². The van der Waals surface area contributed by atoms with Crippen molar-refractivity contribution in [1.29, 1.82) is 0 Å². The number of carbonyl (C=O) groups is 1. The average Bonchev–Trinajstić information content (AvgIpc) is 3.25. The second-order valence-corrected chi connectivity index (χ2v) is 8.96. The summed E-state index contributed by atoms with van der Waals surface area (Å²) in [7, 11) is 0. The number of amides is 1. The SMILES string of the molecule is Cc1cccc(-n2nc(C)c3sc(N4CCCN(C(=O)c5ccccc5)CC4)nc32)c1. The van der Waals surface area contributed by atoms with E-state index in [0.717, 1.165) is 58.5 Å². The van der Waals surface area contributed by atoms with Gasteiger partial charge in [-0.2, -0.15) is 10.1 Å². The molecule has 6 nitrogen and oxygen atoms in total. The largest absolute Gasteiger partial charge is 0.346 e. The van der Waals surface area contributed by atoms with Crippen LogP contribution in [-0.2, 0) is 0 Å². The zero-order valence-electron chi connectivity index (χ0n) is 17.8. The molecule has 1 amide bonds. The second kappa shape index (κ2) is 8.15. The van der Waals surface area contributed by atoms with Crippen LogP contribution in [-0.4, -0.2) is 51.8 Å². The van der Waals surface area contributed by atoms with E-state index in [1.807, 2.05) is 52.9 Å². The number of hydrogen-bond acceptors (Lipinski definition) is 5. The molecule has 0 unspecified atom stereocenters. The molecule has 2 aromatic carbocycles. The number of anilines is 1. The summed E-state index contributed by atoms with van der Waals surface area (Å²) in [6.45, 7) is 7.28. The van der Waals surface area contributed by atoms with E-state index in [4.69, 9.17) is 10.1 Å². The van der Waals surface area contributed by atoms with E-state index in [9.17, 15) is 4.79 Å². The van der Waals surface area contributed by atoms with E-state index in [2.05, 4.69) is 30.0 Å². The van der Waals surface area contributed by atoms with Gasteiger partial charge in [0.25, 0.3) is 5.91 Å². The first-order chi connectivity index (χ1) is 15.1. The standard InChI is InChI=1S/C24H25N5OS/c1-17-8-6-11-20(16-17)29-22-21(18(2)26-29)31-24(25-22)28-13-7-12-27(14-15-28)23(30)19-9-4-3-5-10-19/h3-6,8-11,16H,7,12-15H2,1-2H3. The van der Waals surface area contributed by atoms with Gasteiger partial charge >= 0.3 is 0 Å². The molecule has 0 saturated carbocycles. The predicted molar refractivity (Wildman–Crippen MR) is 125 cm³/mol. The third-order valence-electron chi connectivity index (χ3n) is 5.70. The van der Waals surface area contributed by atoms with Crippen molar-refractivity contribution in [2.24, 2.45) is 0 Å². The van der Waals surface area contributed by atoms with Crippen LogP contribution in [0.2, 0.25) is 0 Å². The second-order valence-electron chi connectivity index (χ2n) is 7.98. The van der Waals surface area contributed by atoms with E-state index in [0.29, 0.717) is 6.54 Å². The first-order valence-corrected chi connectivity index (χ1v) is 11.4. The normalized spacial score (nSPS) is 14.8. The Balaban J connectivity index is 1.39. The van der Waals surface area contributed by atoms with Crippen molar-refractivity contribution in [2.45, 2.75) is 20.3 Å². The summed E-state index contributed by atoms with van der Waals surface area (Å²) in [4.78, 5) is 22.1. The monoisotopic (exact) mass is 431 g/mol. The third-order valence-corrected chi connectivity index (χ3v) is 6.91. The van der Waals surface area contributed by atoms with Gasteiger partial charge in [0.05, 0.1) is 16.1 Å². The quantitative estimate of drug-likeness (QED) is 0.481. The highest BCUT2D eigenvalue weighted by Gasteiger charge is 2.23. The molecule has 1 saturated heterocycles. The Hall–Kier alpha value is -3.19. The summed E-state index contributed by atoms with van der Waals surface area (Å²) in [5.41, 5.74) is 4.89. The Morgan fingerprint density at radius 1 is 0.968 bits per heavy atom. The maximum absolute atomic E-state index is 12.9. The fraction of sp³-hybridized carbons (Fsp3) is 0.292. The summed E-state index contributed by atoms with van der Waals surface area (Å²) in [5.74, 6) is 0.109. The van der Waals surface area contributed by atoms with Crippen LogP contribution >= 0.6 is 11.3 Å². The summed E-state index contributed by atoms with van der Waals surface area (Å²) in [5, 5.41) is 5.73. The molecule has 5 rings (SSSR count). The molecular weight excluding hydrogens is 406 g/mol. The Bertz CT molecular complexity index is 1230. The van der Waals surface area contributed by atoms with E-state index in [1.165, 1.54) is 5.56 Å². The lowest BCUT2D eigenvalue weighted by atomic mass is 10.2. The maximum Gasteiger partial charge on any atom is 0.253 e. The van der Waals surface area contributed by atoms with E-state index >= 15 is 0 Å². The molecule has 0 spiro atoms. The molecule has 1 aliphatic heterocycles. The molecule has 31 heavy (non-hydrogen) atoms. The molecule has 0 N–H and O–H groups in total. The van der Waals surface area contributed by atoms with Crippen LogP contribution in [0.3, 0.4) is 0 Å². The van der Waals surface area contributed by atoms with Crippen LogP contribution in [0, 0.1) is 13.8 Å². The van der Waals surface area contributed by atoms with Crippen molar-refractivity contribution in [1.82, 2.24) is 19.7 Å². The van der Waals surface area contributed by atoms with Gasteiger partial charge in [0.1, 0.15) is 0 Å². The van der Waals surface area contributed by atoms with Crippen LogP contribution in [0.5, 0.6) is 0 Å². The number of fused-ring (bicyclic) bond motifs is 1. The molecule has 0 atom stereocenters. The molecule has 4 aromatic rings. The highest BCUT2D eigenvalue weighted by molar-refractivity contribution is 7.22. The number of nitrogens with zero attached hydrogens (tertiary/aromatic N) is 5. The van der Waals surface area contributed by atoms with Crippen molar-refractivity contribution < 1.29 is 4.79 Å². The minimum Gasteiger partial charge on any atom is -0.346 e. The van der Waals surface area contributed by atoms with Crippen LogP contribution in [0.4, 0.5) is 5.13 Å². The number of benzene rings is 2. The van der Waals surface area contributed by atoms with Crippen LogP contribution in [0.25, 0.3) is 16.0 Å². The zero-order valence-corrected chi connectivity index (χ0v) is 18.6. The highest BCUT2D eigenvalue weighted by Crippen LogP contribution is 2.33. The van der Waals surface area contributed by atoms with Crippen molar-refractivity contribution in [3.8, 4) is 5.69 Å². The minimum absolute atomic E-state index is 0.109. The molecule has 158 valence electrons. The number of aryl methyl sites for hydroxylation is 2. The van der Waals surface area contributed by atoms with Gasteiger partial charge in [-0.05, 0) is 50.1 Å². The number of carbonyl (C=O) groups excluding carboxylic acids is 1. The summed E-state index contributed by atoms with van der Waals surface area (Å²) in [6, 6.07) is 17.9. The van der Waals surface area contributed by atoms with Crippen molar-refractivity contribution >= 4 is 32.7 Å². The number of aromatic nitrogens is 3. The molecule has 7 heteroatoms. The molecule has 0 aliphatic carbocycles. The Kier molecular flexibility index (Phi) is 5.19. The molecule has 1 fully saturated rings. The Labute approximate surface area is 185 Å². The van der Waals surface area contributed by atoms with Crippen molar-refractivity contribution in [3.63, 3.8) is 0 Å². The van der Waals surface area contributed by atoms with Crippen molar-refractivity contribution in [2.75, 3.05) is 31.1 Å². The van der Waals surface area contributed by atoms with Crippen LogP contribution < -0.4 is 4.90 Å². The van der Waals surface area contributed by atoms with Gasteiger partial charge in [-0.25, -0.2) is 4.68 Å². The van der Waals surface area contributed by atoms with E-state index < -0.39 is 0 Å². The highest BCUT2D eigenvalue weighted by atomic mass is 32.1. The average molecular weight is 432 g/mol. The summed E-state index contributed by atoms with van der Waals surface area (Å²) < 4.78 is 3.07. The van der Waals surface area contributed by atoms with Gasteiger partial charge in [0, 0.05) is 31.7 Å². The molecular formula is C24H25N5OS.